The molecular weight excluding hydrogens is 364 g/mol. The first-order chi connectivity index (χ1) is 12.9. The van der Waals surface area contributed by atoms with Crippen LogP contribution in [0, 0.1) is 0 Å². The summed E-state index contributed by atoms with van der Waals surface area (Å²) in [6.07, 6.45) is 1.32. The number of hydrogen-bond donors (Lipinski definition) is 1. The SMILES string of the molecule is COCCCNC(=O)c1ccc2c(c1)C[C@H](C)N2S(=O)(=O)c1ccccc1. The summed E-state index contributed by atoms with van der Waals surface area (Å²) in [5.74, 6) is -0.161. The second-order valence-corrected chi connectivity index (χ2v) is 8.43. The summed E-state index contributed by atoms with van der Waals surface area (Å²) in [7, 11) is -2.01. The van der Waals surface area contributed by atoms with Crippen molar-refractivity contribution in [2.45, 2.75) is 30.7 Å². The van der Waals surface area contributed by atoms with E-state index in [1.165, 1.54) is 4.31 Å². The number of fused-ring (bicyclic) bond motifs is 1. The van der Waals surface area contributed by atoms with Crippen molar-refractivity contribution in [2.75, 3.05) is 24.6 Å². The quantitative estimate of drug-likeness (QED) is 0.740. The van der Waals surface area contributed by atoms with Crippen molar-refractivity contribution in [1.29, 1.82) is 0 Å². The van der Waals surface area contributed by atoms with Crippen LogP contribution in [0.4, 0.5) is 5.69 Å². The number of carbonyl (C=O) groups excluding carboxylic acids is 1. The van der Waals surface area contributed by atoms with E-state index in [2.05, 4.69) is 5.32 Å². The van der Waals surface area contributed by atoms with Gasteiger partial charge in [0, 0.05) is 31.9 Å². The highest BCUT2D eigenvalue weighted by Gasteiger charge is 2.36. The van der Waals surface area contributed by atoms with Crippen molar-refractivity contribution in [3.63, 3.8) is 0 Å². The average Bonchev–Trinajstić information content (AvgIpc) is 3.01. The monoisotopic (exact) mass is 388 g/mol. The first-order valence-electron chi connectivity index (χ1n) is 8.94. The smallest absolute Gasteiger partial charge is 0.264 e. The number of benzene rings is 2. The molecule has 0 aromatic heterocycles. The van der Waals surface area contributed by atoms with Crippen LogP contribution >= 0.6 is 0 Å². The van der Waals surface area contributed by atoms with Gasteiger partial charge in [0.15, 0.2) is 0 Å². The number of nitrogens with zero attached hydrogens (tertiary/aromatic N) is 1. The number of nitrogens with one attached hydrogen (secondary N) is 1. The second kappa shape index (κ2) is 8.10. The lowest BCUT2D eigenvalue weighted by atomic mass is 10.1. The highest BCUT2D eigenvalue weighted by molar-refractivity contribution is 7.92. The first-order valence-corrected chi connectivity index (χ1v) is 10.4. The van der Waals surface area contributed by atoms with E-state index >= 15 is 0 Å². The van der Waals surface area contributed by atoms with E-state index in [9.17, 15) is 13.2 Å². The van der Waals surface area contributed by atoms with Gasteiger partial charge in [-0.3, -0.25) is 9.10 Å². The zero-order valence-corrected chi connectivity index (χ0v) is 16.3. The fourth-order valence-electron chi connectivity index (χ4n) is 3.34. The van der Waals surface area contributed by atoms with Gasteiger partial charge in [0.1, 0.15) is 0 Å². The van der Waals surface area contributed by atoms with Gasteiger partial charge >= 0.3 is 0 Å². The van der Waals surface area contributed by atoms with Gasteiger partial charge in [-0.05, 0) is 55.7 Å². The molecule has 0 radical (unpaired) electrons. The normalized spacial score (nSPS) is 16.2. The molecule has 0 spiro atoms. The fraction of sp³-hybridized carbons (Fsp3) is 0.350. The third-order valence-electron chi connectivity index (χ3n) is 4.61. The standard InChI is InChI=1S/C20H24N2O4S/c1-15-13-17-14-16(20(23)21-11-6-12-26-2)9-10-19(17)22(15)27(24,25)18-7-4-3-5-8-18/h3-5,7-10,14-15H,6,11-13H2,1-2H3,(H,21,23)/t15-/m0/s1. The van der Waals surface area contributed by atoms with Crippen LogP contribution in [-0.2, 0) is 21.2 Å². The van der Waals surface area contributed by atoms with Crippen molar-refractivity contribution >= 4 is 21.6 Å². The predicted molar refractivity (Wildman–Crippen MR) is 105 cm³/mol. The molecule has 1 atom stereocenters. The lowest BCUT2D eigenvalue weighted by Gasteiger charge is -2.24. The molecule has 3 rings (SSSR count). The number of amides is 1. The molecule has 0 fully saturated rings. The van der Waals surface area contributed by atoms with Crippen molar-refractivity contribution in [2.24, 2.45) is 0 Å². The third kappa shape index (κ3) is 3.99. The number of carbonyl (C=O) groups is 1. The summed E-state index contributed by atoms with van der Waals surface area (Å²) >= 11 is 0. The molecule has 144 valence electrons. The Labute approximate surface area is 160 Å². The largest absolute Gasteiger partial charge is 0.385 e. The summed E-state index contributed by atoms with van der Waals surface area (Å²) in [5.41, 5.74) is 2.05. The van der Waals surface area contributed by atoms with Crippen LogP contribution in [0.1, 0.15) is 29.3 Å². The minimum atomic E-state index is -3.64. The van der Waals surface area contributed by atoms with E-state index in [-0.39, 0.29) is 16.8 Å². The number of ether oxygens (including phenoxy) is 1. The summed E-state index contributed by atoms with van der Waals surface area (Å²) in [5, 5.41) is 2.85. The molecule has 2 aromatic carbocycles. The van der Waals surface area contributed by atoms with Gasteiger partial charge in [-0.2, -0.15) is 0 Å². The van der Waals surface area contributed by atoms with Crippen LogP contribution in [0.2, 0.25) is 0 Å². The molecule has 1 aliphatic rings. The average molecular weight is 388 g/mol. The maximum atomic E-state index is 13.1. The highest BCUT2D eigenvalue weighted by Crippen LogP contribution is 2.37. The molecule has 0 saturated heterocycles. The molecule has 1 aliphatic heterocycles. The molecule has 0 bridgehead atoms. The van der Waals surface area contributed by atoms with E-state index in [0.29, 0.717) is 30.8 Å². The summed E-state index contributed by atoms with van der Waals surface area (Å²) < 4.78 is 32.6. The van der Waals surface area contributed by atoms with E-state index < -0.39 is 10.0 Å². The molecule has 1 N–H and O–H groups in total. The number of sulfonamides is 1. The first kappa shape index (κ1) is 19.4. The van der Waals surface area contributed by atoms with Crippen LogP contribution in [0.25, 0.3) is 0 Å². The molecule has 7 heteroatoms. The van der Waals surface area contributed by atoms with Crippen LogP contribution in [0.15, 0.2) is 53.4 Å². The molecule has 0 aliphatic carbocycles. The molecule has 1 amide bonds. The zero-order chi connectivity index (χ0) is 19.4. The van der Waals surface area contributed by atoms with Gasteiger partial charge in [0.2, 0.25) is 0 Å². The van der Waals surface area contributed by atoms with Crippen LogP contribution in [0.5, 0.6) is 0 Å². The number of hydrogen-bond acceptors (Lipinski definition) is 4. The lowest BCUT2D eigenvalue weighted by molar-refractivity contribution is 0.0948. The van der Waals surface area contributed by atoms with Crippen molar-refractivity contribution in [1.82, 2.24) is 5.32 Å². The Morgan fingerprint density at radius 1 is 1.22 bits per heavy atom. The number of anilines is 1. The minimum absolute atomic E-state index is 0.161. The molecular formula is C20H24N2O4S. The van der Waals surface area contributed by atoms with Gasteiger partial charge < -0.3 is 10.1 Å². The van der Waals surface area contributed by atoms with Crippen molar-refractivity contribution in [3.05, 3.63) is 59.7 Å². The van der Waals surface area contributed by atoms with Gasteiger partial charge in [-0.25, -0.2) is 8.42 Å². The van der Waals surface area contributed by atoms with Gasteiger partial charge in [-0.15, -0.1) is 0 Å². The zero-order valence-electron chi connectivity index (χ0n) is 15.5. The van der Waals surface area contributed by atoms with Crippen LogP contribution < -0.4 is 9.62 Å². The van der Waals surface area contributed by atoms with E-state index in [1.54, 1.807) is 55.6 Å². The molecule has 1 heterocycles. The minimum Gasteiger partial charge on any atom is -0.385 e. The lowest BCUT2D eigenvalue weighted by Crippen LogP contribution is -2.35. The van der Waals surface area contributed by atoms with Crippen molar-refractivity contribution < 1.29 is 17.9 Å². The Hall–Kier alpha value is -2.38. The van der Waals surface area contributed by atoms with Crippen LogP contribution in [-0.4, -0.2) is 40.6 Å². The third-order valence-corrected chi connectivity index (χ3v) is 6.55. The number of rotatable bonds is 7. The van der Waals surface area contributed by atoms with E-state index in [4.69, 9.17) is 4.74 Å². The Morgan fingerprint density at radius 3 is 2.67 bits per heavy atom. The van der Waals surface area contributed by atoms with Crippen molar-refractivity contribution in [3.8, 4) is 0 Å². The van der Waals surface area contributed by atoms with E-state index in [1.807, 2.05) is 6.92 Å². The molecule has 2 aromatic rings. The Kier molecular flexibility index (Phi) is 5.82. The molecule has 0 unspecified atom stereocenters. The summed E-state index contributed by atoms with van der Waals surface area (Å²) in [4.78, 5) is 12.6. The molecule has 6 nitrogen and oxygen atoms in total. The highest BCUT2D eigenvalue weighted by atomic mass is 32.2. The second-order valence-electron chi connectivity index (χ2n) is 6.61. The van der Waals surface area contributed by atoms with Crippen LogP contribution in [0.3, 0.4) is 0 Å². The Balaban J connectivity index is 1.83. The maximum absolute atomic E-state index is 13.1. The van der Waals surface area contributed by atoms with Gasteiger partial charge in [0.05, 0.1) is 10.6 Å². The Morgan fingerprint density at radius 2 is 1.96 bits per heavy atom. The van der Waals surface area contributed by atoms with Gasteiger partial charge in [0.25, 0.3) is 15.9 Å². The molecule has 0 saturated carbocycles. The summed E-state index contributed by atoms with van der Waals surface area (Å²) in [6, 6.07) is 13.4. The topological polar surface area (TPSA) is 75.7 Å². The van der Waals surface area contributed by atoms with E-state index in [0.717, 1.165) is 12.0 Å². The fourth-order valence-corrected chi connectivity index (χ4v) is 5.05. The maximum Gasteiger partial charge on any atom is 0.264 e. The predicted octanol–water partition coefficient (Wildman–Crippen LogP) is 2.59. The molecule has 27 heavy (non-hydrogen) atoms. The Bertz CT molecular complexity index is 913. The summed E-state index contributed by atoms with van der Waals surface area (Å²) in [6.45, 7) is 3.01. The van der Waals surface area contributed by atoms with Gasteiger partial charge in [-0.1, -0.05) is 18.2 Å². The number of methoxy groups -OCH3 is 1.